The number of nitrogens with one attached hydrogen (secondary N) is 5. The molecule has 2 heterocycles. The Hall–Kier alpha value is -1.97. The minimum absolute atomic E-state index is 0.0387. The number of carbonyl (C=O) groups excluding carboxylic acids is 4. The number of carbonyl (C=O) groups is 4. The van der Waals surface area contributed by atoms with Crippen molar-refractivity contribution in [2.45, 2.75) is 69.3 Å². The molecule has 2 unspecified atom stereocenters. The summed E-state index contributed by atoms with van der Waals surface area (Å²) in [5.74, 6) is 0.339. The molecule has 2 aliphatic heterocycles. The van der Waals surface area contributed by atoms with Crippen LogP contribution >= 0.6 is 11.8 Å². The lowest BCUT2D eigenvalue weighted by molar-refractivity contribution is -0.131. The molecular formula is C18H31N5O4S. The highest BCUT2D eigenvalue weighted by atomic mass is 32.2. The predicted octanol–water partition coefficient (Wildman–Crippen LogP) is -0.141. The van der Waals surface area contributed by atoms with Crippen molar-refractivity contribution in [1.82, 2.24) is 26.6 Å². The van der Waals surface area contributed by atoms with E-state index in [-0.39, 0.29) is 35.8 Å². The van der Waals surface area contributed by atoms with E-state index in [0.717, 1.165) is 25.0 Å². The maximum atomic E-state index is 12.0. The highest BCUT2D eigenvalue weighted by Gasteiger charge is 2.42. The van der Waals surface area contributed by atoms with Crippen LogP contribution in [0.1, 0.15) is 46.5 Å². The topological polar surface area (TPSA) is 128 Å². The van der Waals surface area contributed by atoms with Crippen molar-refractivity contribution >= 4 is 35.5 Å². The summed E-state index contributed by atoms with van der Waals surface area (Å²) in [7, 11) is 0. The van der Waals surface area contributed by atoms with Crippen molar-refractivity contribution < 1.29 is 19.2 Å². The average Bonchev–Trinajstić information content (AvgIpc) is 3.13. The van der Waals surface area contributed by atoms with E-state index in [2.05, 4.69) is 26.6 Å². The van der Waals surface area contributed by atoms with Gasteiger partial charge in [0.15, 0.2) is 0 Å². The monoisotopic (exact) mass is 413 g/mol. The quantitative estimate of drug-likeness (QED) is 0.252. The van der Waals surface area contributed by atoms with Crippen LogP contribution in [0.5, 0.6) is 0 Å². The lowest BCUT2D eigenvalue weighted by Gasteiger charge is -2.24. The molecule has 0 aromatic rings. The number of unbranched alkanes of at least 4 members (excludes halogenated alkanes) is 1. The van der Waals surface area contributed by atoms with Crippen molar-refractivity contribution in [2.75, 3.05) is 18.8 Å². The van der Waals surface area contributed by atoms with Gasteiger partial charge in [0.05, 0.1) is 12.1 Å². The van der Waals surface area contributed by atoms with Crippen LogP contribution in [-0.4, -0.2) is 65.5 Å². The molecule has 0 radical (unpaired) electrons. The first-order valence-electron chi connectivity index (χ1n) is 9.71. The van der Waals surface area contributed by atoms with E-state index in [1.54, 1.807) is 13.8 Å². The van der Waals surface area contributed by atoms with Crippen molar-refractivity contribution in [3.05, 3.63) is 0 Å². The second-order valence-electron chi connectivity index (χ2n) is 7.78. The van der Waals surface area contributed by atoms with Gasteiger partial charge >= 0.3 is 6.03 Å². The number of amides is 5. The van der Waals surface area contributed by atoms with Gasteiger partial charge in [-0.3, -0.25) is 14.4 Å². The van der Waals surface area contributed by atoms with Crippen LogP contribution in [0.25, 0.3) is 0 Å². The largest absolute Gasteiger partial charge is 0.354 e. The van der Waals surface area contributed by atoms with Gasteiger partial charge in [-0.1, -0.05) is 6.42 Å². The zero-order chi connectivity index (χ0) is 20.7. The van der Waals surface area contributed by atoms with Crippen LogP contribution in [0.2, 0.25) is 0 Å². The van der Waals surface area contributed by atoms with Gasteiger partial charge in [0.1, 0.15) is 5.54 Å². The van der Waals surface area contributed by atoms with Crippen LogP contribution < -0.4 is 26.6 Å². The van der Waals surface area contributed by atoms with Crippen molar-refractivity contribution in [3.63, 3.8) is 0 Å². The minimum atomic E-state index is -0.985. The highest BCUT2D eigenvalue weighted by Crippen LogP contribution is 2.33. The van der Waals surface area contributed by atoms with Crippen LogP contribution in [0.4, 0.5) is 4.79 Å². The molecule has 0 aromatic carbocycles. The van der Waals surface area contributed by atoms with Gasteiger partial charge in [-0.2, -0.15) is 11.8 Å². The number of rotatable bonds is 10. The summed E-state index contributed by atoms with van der Waals surface area (Å²) in [5, 5.41) is 14.4. The molecule has 0 aromatic heterocycles. The lowest BCUT2D eigenvalue weighted by atomic mass is 10.0. The molecule has 0 saturated carbocycles. The number of hydrogen-bond donors (Lipinski definition) is 5. The maximum absolute atomic E-state index is 12.0. The SMILES string of the molecule is CC(=O)NC(C)(C)C(=O)NCCNC(=O)CCCCC1SCC2NC(=O)N[C@@H]21. The molecule has 9 nitrogen and oxygen atoms in total. The van der Waals surface area contributed by atoms with Crippen LogP contribution in [0.15, 0.2) is 0 Å². The maximum Gasteiger partial charge on any atom is 0.315 e. The van der Waals surface area contributed by atoms with Gasteiger partial charge < -0.3 is 26.6 Å². The number of thioether (sulfide) groups is 1. The molecule has 2 rings (SSSR count). The van der Waals surface area contributed by atoms with Gasteiger partial charge in [0, 0.05) is 37.4 Å². The Morgan fingerprint density at radius 1 is 1.14 bits per heavy atom. The Morgan fingerprint density at radius 3 is 2.57 bits per heavy atom. The smallest absolute Gasteiger partial charge is 0.315 e. The average molecular weight is 414 g/mol. The van der Waals surface area contributed by atoms with Crippen molar-refractivity contribution in [2.24, 2.45) is 0 Å². The molecule has 5 N–H and O–H groups in total. The normalized spacial score (nSPS) is 23.4. The molecule has 2 fully saturated rings. The molecule has 0 aliphatic carbocycles. The van der Waals surface area contributed by atoms with Crippen molar-refractivity contribution in [3.8, 4) is 0 Å². The van der Waals surface area contributed by atoms with E-state index < -0.39 is 5.54 Å². The molecular weight excluding hydrogens is 382 g/mol. The number of hydrogen-bond acceptors (Lipinski definition) is 5. The fourth-order valence-electron chi connectivity index (χ4n) is 3.46. The molecule has 0 bridgehead atoms. The summed E-state index contributed by atoms with van der Waals surface area (Å²) in [4.78, 5) is 46.4. The summed E-state index contributed by atoms with van der Waals surface area (Å²) in [6, 6.07) is 0.362. The van der Waals surface area contributed by atoms with Gasteiger partial charge in [-0.15, -0.1) is 0 Å². The third-order valence-electron chi connectivity index (χ3n) is 4.87. The summed E-state index contributed by atoms with van der Waals surface area (Å²) in [6.07, 6.45) is 3.16. The highest BCUT2D eigenvalue weighted by molar-refractivity contribution is 8.00. The number of urea groups is 1. The molecule has 28 heavy (non-hydrogen) atoms. The zero-order valence-corrected chi connectivity index (χ0v) is 17.5. The Labute approximate surface area is 169 Å². The molecule has 2 aliphatic rings. The molecule has 2 saturated heterocycles. The summed E-state index contributed by atoms with van der Waals surface area (Å²) >= 11 is 1.88. The van der Waals surface area contributed by atoms with E-state index in [4.69, 9.17) is 0 Å². The van der Waals surface area contributed by atoms with Gasteiger partial charge in [0.25, 0.3) is 0 Å². The second kappa shape index (κ2) is 9.99. The van der Waals surface area contributed by atoms with E-state index in [1.807, 2.05) is 11.8 Å². The fraction of sp³-hybridized carbons (Fsp3) is 0.778. The Balaban J connectivity index is 1.52. The fourth-order valence-corrected chi connectivity index (χ4v) is 5.00. The predicted molar refractivity (Wildman–Crippen MR) is 108 cm³/mol. The van der Waals surface area contributed by atoms with E-state index in [1.165, 1.54) is 6.92 Å². The Kier molecular flexibility index (Phi) is 7.97. The summed E-state index contributed by atoms with van der Waals surface area (Å²) < 4.78 is 0. The van der Waals surface area contributed by atoms with Gasteiger partial charge in [0.2, 0.25) is 17.7 Å². The molecule has 158 valence electrons. The molecule has 5 amide bonds. The third-order valence-corrected chi connectivity index (χ3v) is 6.38. The summed E-state index contributed by atoms with van der Waals surface area (Å²) in [6.45, 7) is 5.27. The van der Waals surface area contributed by atoms with Gasteiger partial charge in [-0.05, 0) is 26.7 Å². The lowest BCUT2D eigenvalue weighted by Crippen LogP contribution is -2.55. The van der Waals surface area contributed by atoms with E-state index >= 15 is 0 Å². The van der Waals surface area contributed by atoms with Gasteiger partial charge in [-0.25, -0.2) is 4.79 Å². The number of fused-ring (bicyclic) bond motifs is 1. The Bertz CT molecular complexity index is 613. The third kappa shape index (κ3) is 6.57. The molecule has 0 spiro atoms. The van der Waals surface area contributed by atoms with Crippen LogP contribution in [0.3, 0.4) is 0 Å². The summed E-state index contributed by atoms with van der Waals surface area (Å²) in [5.41, 5.74) is -0.985. The molecule has 10 heteroatoms. The van der Waals surface area contributed by atoms with Crippen LogP contribution in [0, 0.1) is 0 Å². The zero-order valence-electron chi connectivity index (χ0n) is 16.7. The standard InChI is InChI=1S/C18H31N5O4S/c1-11(24)23-18(2,3)16(26)20-9-8-19-14(25)7-5-4-6-13-15-12(10-28-13)21-17(27)22-15/h12-13,15H,4-10H2,1-3H3,(H,19,25)(H,20,26)(H,23,24)(H2,21,22,27)/t12?,13?,15-/m0/s1. The minimum Gasteiger partial charge on any atom is -0.354 e. The van der Waals surface area contributed by atoms with Crippen LogP contribution in [-0.2, 0) is 14.4 Å². The molecule has 3 atom stereocenters. The second-order valence-corrected chi connectivity index (χ2v) is 9.05. The Morgan fingerprint density at radius 2 is 1.86 bits per heavy atom. The van der Waals surface area contributed by atoms with Crippen molar-refractivity contribution in [1.29, 1.82) is 0 Å². The first-order chi connectivity index (χ1) is 13.2. The van der Waals surface area contributed by atoms with E-state index in [0.29, 0.717) is 24.8 Å². The van der Waals surface area contributed by atoms with E-state index in [9.17, 15) is 19.2 Å². The first kappa shape index (κ1) is 22.3. The first-order valence-corrected chi connectivity index (χ1v) is 10.8.